The number of sulfonamides is 1. The van der Waals surface area contributed by atoms with Crippen molar-refractivity contribution in [2.75, 3.05) is 18.4 Å². The number of H-pyrrole nitrogens is 1. The van der Waals surface area contributed by atoms with E-state index in [4.69, 9.17) is 0 Å². The average molecular weight is 493 g/mol. The second-order valence-electron chi connectivity index (χ2n) is 8.44. The van der Waals surface area contributed by atoms with E-state index >= 15 is 0 Å². The number of rotatable bonds is 5. The Kier molecular flexibility index (Phi) is 5.95. The van der Waals surface area contributed by atoms with Crippen molar-refractivity contribution in [2.24, 2.45) is 0 Å². The smallest absolute Gasteiger partial charge is 0.261 e. The fraction of sp³-hybridized carbons (Fsp3) is 0.250. The molecule has 0 bridgehead atoms. The molecular formula is C24H24N6O4S. The van der Waals surface area contributed by atoms with Crippen LogP contribution in [0, 0.1) is 6.92 Å². The summed E-state index contributed by atoms with van der Waals surface area (Å²) in [5.41, 5.74) is 1.80. The predicted octanol–water partition coefficient (Wildman–Crippen LogP) is 2.84. The number of hydrogen-bond donors (Lipinski definition) is 2. The van der Waals surface area contributed by atoms with Crippen LogP contribution < -0.4 is 10.9 Å². The molecule has 3 heterocycles. The van der Waals surface area contributed by atoms with Crippen LogP contribution in [0.3, 0.4) is 0 Å². The van der Waals surface area contributed by atoms with E-state index in [9.17, 15) is 18.0 Å². The van der Waals surface area contributed by atoms with Gasteiger partial charge in [-0.1, -0.05) is 24.6 Å². The zero-order valence-electron chi connectivity index (χ0n) is 19.1. The fourth-order valence-corrected chi connectivity index (χ4v) is 6.02. The molecule has 1 amide bonds. The number of piperidine rings is 1. The number of nitrogens with one attached hydrogen (secondary N) is 2. The maximum Gasteiger partial charge on any atom is 0.261 e. The van der Waals surface area contributed by atoms with Gasteiger partial charge in [0.15, 0.2) is 5.65 Å². The molecule has 1 aliphatic rings. The SMILES string of the molecule is Cc1ccc(C(=O)Nc2ccccc2-n2ncc3c(=O)[nH]cnc32)cc1S(=O)(=O)N1CCCCC1. The van der Waals surface area contributed by atoms with Crippen molar-refractivity contribution in [3.63, 3.8) is 0 Å². The van der Waals surface area contributed by atoms with Gasteiger partial charge in [-0.05, 0) is 49.6 Å². The van der Waals surface area contributed by atoms with Gasteiger partial charge in [0, 0.05) is 18.7 Å². The molecule has 4 aromatic rings. The van der Waals surface area contributed by atoms with Gasteiger partial charge in [-0.3, -0.25) is 9.59 Å². The molecular weight excluding hydrogens is 468 g/mol. The molecule has 1 aliphatic heterocycles. The molecule has 0 radical (unpaired) electrons. The summed E-state index contributed by atoms with van der Waals surface area (Å²) in [6.45, 7) is 2.70. The van der Waals surface area contributed by atoms with Gasteiger partial charge < -0.3 is 10.3 Å². The Balaban J connectivity index is 1.48. The standard InChI is InChI=1S/C24H24N6O4S/c1-16-9-10-17(13-21(16)35(33,34)29-11-5-2-6-12-29)23(31)28-19-7-3-4-8-20(19)30-22-18(14-27-30)24(32)26-15-25-22/h3-4,7-10,13-15H,2,5-6,11-12H2,1H3,(H,28,31)(H,25,26,32). The van der Waals surface area contributed by atoms with Crippen LogP contribution >= 0.6 is 0 Å². The molecule has 1 fully saturated rings. The van der Waals surface area contributed by atoms with Gasteiger partial charge >= 0.3 is 0 Å². The number of aromatic amines is 1. The van der Waals surface area contributed by atoms with Crippen molar-refractivity contribution < 1.29 is 13.2 Å². The number of anilines is 1. The number of benzene rings is 2. The topological polar surface area (TPSA) is 130 Å². The minimum Gasteiger partial charge on any atom is -0.320 e. The molecule has 0 saturated carbocycles. The first-order valence-electron chi connectivity index (χ1n) is 11.3. The lowest BCUT2D eigenvalue weighted by Crippen LogP contribution is -2.36. The highest BCUT2D eigenvalue weighted by Crippen LogP contribution is 2.26. The Bertz CT molecular complexity index is 1590. The van der Waals surface area contributed by atoms with Crippen LogP contribution in [0.25, 0.3) is 16.7 Å². The maximum absolute atomic E-state index is 13.3. The number of carbonyl (C=O) groups is 1. The molecule has 11 heteroatoms. The number of fused-ring (bicyclic) bond motifs is 1. The van der Waals surface area contributed by atoms with E-state index < -0.39 is 15.9 Å². The summed E-state index contributed by atoms with van der Waals surface area (Å²) in [5.74, 6) is -0.463. The molecule has 0 aliphatic carbocycles. The summed E-state index contributed by atoms with van der Waals surface area (Å²) >= 11 is 0. The van der Waals surface area contributed by atoms with Gasteiger partial charge in [-0.2, -0.15) is 9.40 Å². The quantitative estimate of drug-likeness (QED) is 0.441. The van der Waals surface area contributed by atoms with E-state index in [1.54, 1.807) is 43.3 Å². The molecule has 2 N–H and O–H groups in total. The lowest BCUT2D eigenvalue weighted by atomic mass is 10.1. The molecule has 180 valence electrons. The molecule has 1 saturated heterocycles. The largest absolute Gasteiger partial charge is 0.320 e. The minimum absolute atomic E-state index is 0.141. The Morgan fingerprint density at radius 3 is 2.66 bits per heavy atom. The Hall–Kier alpha value is -3.83. The van der Waals surface area contributed by atoms with Crippen molar-refractivity contribution >= 4 is 32.7 Å². The van der Waals surface area contributed by atoms with Gasteiger partial charge in [-0.15, -0.1) is 0 Å². The van der Waals surface area contributed by atoms with Crippen molar-refractivity contribution in [1.82, 2.24) is 24.1 Å². The Morgan fingerprint density at radius 1 is 1.09 bits per heavy atom. The van der Waals surface area contributed by atoms with Gasteiger partial charge in [0.25, 0.3) is 11.5 Å². The molecule has 35 heavy (non-hydrogen) atoms. The molecule has 2 aromatic heterocycles. The normalized spacial score (nSPS) is 14.8. The molecule has 0 unspecified atom stereocenters. The van der Waals surface area contributed by atoms with E-state index in [-0.39, 0.29) is 16.0 Å². The second-order valence-corrected chi connectivity index (χ2v) is 10.3. The van der Waals surface area contributed by atoms with Crippen molar-refractivity contribution in [2.45, 2.75) is 31.1 Å². The average Bonchev–Trinajstić information content (AvgIpc) is 3.30. The zero-order chi connectivity index (χ0) is 24.6. The number of para-hydroxylation sites is 2. The summed E-state index contributed by atoms with van der Waals surface area (Å²) in [6, 6.07) is 11.7. The van der Waals surface area contributed by atoms with E-state index in [1.807, 2.05) is 0 Å². The summed E-state index contributed by atoms with van der Waals surface area (Å²) in [5, 5.41) is 7.44. The lowest BCUT2D eigenvalue weighted by Gasteiger charge is -2.26. The lowest BCUT2D eigenvalue weighted by molar-refractivity contribution is 0.102. The van der Waals surface area contributed by atoms with Crippen LogP contribution in [-0.4, -0.2) is 51.5 Å². The van der Waals surface area contributed by atoms with Gasteiger partial charge in [-0.25, -0.2) is 18.1 Å². The van der Waals surface area contributed by atoms with Gasteiger partial charge in [0.2, 0.25) is 10.0 Å². The predicted molar refractivity (Wildman–Crippen MR) is 131 cm³/mol. The first kappa shape index (κ1) is 22.9. The third kappa shape index (κ3) is 4.24. The third-order valence-electron chi connectivity index (χ3n) is 6.13. The first-order valence-corrected chi connectivity index (χ1v) is 12.7. The van der Waals surface area contributed by atoms with Crippen molar-refractivity contribution in [3.8, 4) is 5.69 Å². The number of hydrogen-bond acceptors (Lipinski definition) is 6. The van der Waals surface area contributed by atoms with E-state index in [0.29, 0.717) is 41.1 Å². The molecule has 10 nitrogen and oxygen atoms in total. The van der Waals surface area contributed by atoms with Crippen LogP contribution in [0.5, 0.6) is 0 Å². The van der Waals surface area contributed by atoms with E-state index in [2.05, 4.69) is 20.4 Å². The molecule has 0 atom stereocenters. The maximum atomic E-state index is 13.3. The van der Waals surface area contributed by atoms with Gasteiger partial charge in [0.05, 0.1) is 28.8 Å². The zero-order valence-corrected chi connectivity index (χ0v) is 19.9. The van der Waals surface area contributed by atoms with Crippen molar-refractivity contribution in [1.29, 1.82) is 0 Å². The van der Waals surface area contributed by atoms with Crippen LogP contribution in [0.15, 0.2) is 64.7 Å². The Labute approximate surface area is 201 Å². The van der Waals surface area contributed by atoms with E-state index in [0.717, 1.165) is 19.3 Å². The fourth-order valence-electron chi connectivity index (χ4n) is 4.25. The van der Waals surface area contributed by atoms with Crippen molar-refractivity contribution in [3.05, 3.63) is 76.5 Å². The van der Waals surface area contributed by atoms with E-state index in [1.165, 1.54) is 27.6 Å². The minimum atomic E-state index is -3.70. The number of aromatic nitrogens is 4. The highest BCUT2D eigenvalue weighted by Gasteiger charge is 2.28. The van der Waals surface area contributed by atoms with Crippen LogP contribution in [0.1, 0.15) is 35.2 Å². The number of carbonyl (C=O) groups excluding carboxylic acids is 1. The summed E-state index contributed by atoms with van der Waals surface area (Å²) in [6.07, 6.45) is 5.39. The summed E-state index contributed by atoms with van der Waals surface area (Å²) < 4.78 is 29.5. The first-order chi connectivity index (χ1) is 16.9. The third-order valence-corrected chi connectivity index (χ3v) is 8.18. The summed E-state index contributed by atoms with van der Waals surface area (Å²) in [7, 11) is -3.70. The highest BCUT2D eigenvalue weighted by molar-refractivity contribution is 7.89. The number of amides is 1. The van der Waals surface area contributed by atoms with Gasteiger partial charge in [0.1, 0.15) is 5.39 Å². The molecule has 0 spiro atoms. The monoisotopic (exact) mass is 492 g/mol. The number of nitrogens with zero attached hydrogens (tertiary/aromatic N) is 4. The Morgan fingerprint density at radius 2 is 1.86 bits per heavy atom. The second kappa shape index (κ2) is 9.08. The molecule has 2 aromatic carbocycles. The molecule has 5 rings (SSSR count). The summed E-state index contributed by atoms with van der Waals surface area (Å²) in [4.78, 5) is 32.1. The number of aryl methyl sites for hydroxylation is 1. The van der Waals surface area contributed by atoms with Crippen LogP contribution in [0.2, 0.25) is 0 Å². The van der Waals surface area contributed by atoms with Crippen LogP contribution in [0.4, 0.5) is 5.69 Å². The highest BCUT2D eigenvalue weighted by atomic mass is 32.2. The van der Waals surface area contributed by atoms with Crippen LogP contribution in [-0.2, 0) is 10.0 Å².